The van der Waals surface area contributed by atoms with E-state index in [1.807, 2.05) is 25.4 Å². The Morgan fingerprint density at radius 1 is 1.15 bits per heavy atom. The SMILES string of the molecule is CN(c1cccc(CN)c1)c1ccc(C(C)(C)C)cn1. The molecule has 0 atom stereocenters. The second-order valence-corrected chi connectivity index (χ2v) is 6.09. The molecule has 0 aliphatic rings. The maximum Gasteiger partial charge on any atom is 0.132 e. The smallest absolute Gasteiger partial charge is 0.132 e. The van der Waals surface area contributed by atoms with Crippen LogP contribution in [0.4, 0.5) is 11.5 Å². The zero-order valence-corrected chi connectivity index (χ0v) is 12.7. The van der Waals surface area contributed by atoms with Gasteiger partial charge in [0.1, 0.15) is 5.82 Å². The van der Waals surface area contributed by atoms with Gasteiger partial charge in [-0.2, -0.15) is 0 Å². The highest BCUT2D eigenvalue weighted by Crippen LogP contribution is 2.26. The second-order valence-electron chi connectivity index (χ2n) is 6.09. The molecule has 3 nitrogen and oxygen atoms in total. The summed E-state index contributed by atoms with van der Waals surface area (Å²) in [6.07, 6.45) is 1.96. The molecule has 0 saturated heterocycles. The van der Waals surface area contributed by atoms with Crippen LogP contribution in [-0.4, -0.2) is 12.0 Å². The van der Waals surface area contributed by atoms with Crippen LogP contribution in [0.1, 0.15) is 31.9 Å². The summed E-state index contributed by atoms with van der Waals surface area (Å²) in [5, 5.41) is 0. The van der Waals surface area contributed by atoms with Gasteiger partial charge in [0.2, 0.25) is 0 Å². The predicted octanol–water partition coefficient (Wildman–Crippen LogP) is 3.61. The number of benzene rings is 1. The Morgan fingerprint density at radius 2 is 1.90 bits per heavy atom. The van der Waals surface area contributed by atoms with Crippen LogP contribution in [0.2, 0.25) is 0 Å². The van der Waals surface area contributed by atoms with Crippen molar-refractivity contribution < 1.29 is 0 Å². The quantitative estimate of drug-likeness (QED) is 0.925. The zero-order chi connectivity index (χ0) is 14.8. The molecule has 3 heteroatoms. The fraction of sp³-hybridized carbons (Fsp3) is 0.353. The van der Waals surface area contributed by atoms with Crippen molar-refractivity contribution in [2.24, 2.45) is 5.73 Å². The van der Waals surface area contributed by atoms with Crippen molar-refractivity contribution in [2.45, 2.75) is 32.7 Å². The molecular weight excluding hydrogens is 246 g/mol. The maximum absolute atomic E-state index is 5.69. The highest BCUT2D eigenvalue weighted by molar-refractivity contribution is 5.60. The number of rotatable bonds is 3. The van der Waals surface area contributed by atoms with Gasteiger partial charge in [-0.1, -0.05) is 39.0 Å². The molecule has 0 aliphatic heterocycles. The first kappa shape index (κ1) is 14.5. The molecule has 20 heavy (non-hydrogen) atoms. The standard InChI is InChI=1S/C17H23N3/c1-17(2,3)14-8-9-16(19-12-14)20(4)15-7-5-6-13(10-15)11-18/h5-10,12H,11,18H2,1-4H3. The Labute approximate surface area is 121 Å². The largest absolute Gasteiger partial charge is 0.329 e. The van der Waals surface area contributed by atoms with Gasteiger partial charge in [-0.15, -0.1) is 0 Å². The summed E-state index contributed by atoms with van der Waals surface area (Å²) in [6.45, 7) is 7.13. The summed E-state index contributed by atoms with van der Waals surface area (Å²) in [5.74, 6) is 0.937. The summed E-state index contributed by atoms with van der Waals surface area (Å²) in [6, 6.07) is 12.4. The molecule has 2 N–H and O–H groups in total. The highest BCUT2D eigenvalue weighted by Gasteiger charge is 2.14. The van der Waals surface area contributed by atoms with E-state index in [0.29, 0.717) is 6.54 Å². The van der Waals surface area contributed by atoms with Crippen LogP contribution in [-0.2, 0) is 12.0 Å². The molecule has 2 rings (SSSR count). The third kappa shape index (κ3) is 3.17. The number of aromatic nitrogens is 1. The molecular formula is C17H23N3. The molecule has 0 fully saturated rings. The van der Waals surface area contributed by atoms with E-state index in [2.05, 4.69) is 54.9 Å². The molecule has 0 bridgehead atoms. The normalized spacial score (nSPS) is 11.4. The van der Waals surface area contributed by atoms with Crippen molar-refractivity contribution in [1.29, 1.82) is 0 Å². The van der Waals surface area contributed by atoms with Crippen molar-refractivity contribution >= 4 is 11.5 Å². The van der Waals surface area contributed by atoms with Gasteiger partial charge in [-0.3, -0.25) is 0 Å². The average Bonchev–Trinajstić information content (AvgIpc) is 2.46. The Balaban J connectivity index is 2.26. The fourth-order valence-electron chi connectivity index (χ4n) is 2.05. The Hall–Kier alpha value is -1.87. The van der Waals surface area contributed by atoms with Gasteiger partial charge in [0.25, 0.3) is 0 Å². The van der Waals surface area contributed by atoms with Gasteiger partial charge < -0.3 is 10.6 Å². The Morgan fingerprint density at radius 3 is 2.45 bits per heavy atom. The molecule has 0 radical (unpaired) electrons. The van der Waals surface area contributed by atoms with Gasteiger partial charge in [0, 0.05) is 25.5 Å². The molecule has 1 aromatic heterocycles. The Bertz CT molecular complexity index is 568. The minimum Gasteiger partial charge on any atom is -0.329 e. The van der Waals surface area contributed by atoms with E-state index in [4.69, 9.17) is 5.73 Å². The van der Waals surface area contributed by atoms with Crippen molar-refractivity contribution in [3.8, 4) is 0 Å². The minimum atomic E-state index is 0.129. The van der Waals surface area contributed by atoms with Crippen LogP contribution in [0.5, 0.6) is 0 Å². The van der Waals surface area contributed by atoms with E-state index in [1.165, 1.54) is 5.56 Å². The molecule has 1 heterocycles. The maximum atomic E-state index is 5.69. The predicted molar refractivity (Wildman–Crippen MR) is 85.3 cm³/mol. The van der Waals surface area contributed by atoms with Gasteiger partial charge >= 0.3 is 0 Å². The average molecular weight is 269 g/mol. The molecule has 0 aliphatic carbocycles. The van der Waals surface area contributed by atoms with Crippen LogP contribution in [0.25, 0.3) is 0 Å². The van der Waals surface area contributed by atoms with Gasteiger partial charge in [0.05, 0.1) is 0 Å². The number of hydrogen-bond donors (Lipinski definition) is 1. The third-order valence-corrected chi connectivity index (χ3v) is 3.49. The van der Waals surface area contributed by atoms with Crippen molar-refractivity contribution in [1.82, 2.24) is 4.98 Å². The number of nitrogens with zero attached hydrogens (tertiary/aromatic N) is 2. The minimum absolute atomic E-state index is 0.129. The van der Waals surface area contributed by atoms with E-state index >= 15 is 0 Å². The van der Waals surface area contributed by atoms with Gasteiger partial charge in [-0.05, 0) is 34.7 Å². The zero-order valence-electron chi connectivity index (χ0n) is 12.7. The lowest BCUT2D eigenvalue weighted by Gasteiger charge is -2.22. The van der Waals surface area contributed by atoms with Crippen LogP contribution in [0.3, 0.4) is 0 Å². The van der Waals surface area contributed by atoms with E-state index in [1.54, 1.807) is 0 Å². The molecule has 1 aromatic carbocycles. The van der Waals surface area contributed by atoms with E-state index < -0.39 is 0 Å². The summed E-state index contributed by atoms with van der Waals surface area (Å²) in [7, 11) is 2.02. The first-order valence-electron chi connectivity index (χ1n) is 6.91. The number of nitrogens with two attached hydrogens (primary N) is 1. The monoisotopic (exact) mass is 269 g/mol. The third-order valence-electron chi connectivity index (χ3n) is 3.49. The summed E-state index contributed by atoms with van der Waals surface area (Å²) in [4.78, 5) is 6.65. The summed E-state index contributed by atoms with van der Waals surface area (Å²) in [5.41, 5.74) is 9.29. The van der Waals surface area contributed by atoms with Gasteiger partial charge in [0.15, 0.2) is 0 Å². The lowest BCUT2D eigenvalue weighted by atomic mass is 9.88. The lowest BCUT2D eigenvalue weighted by molar-refractivity contribution is 0.587. The van der Waals surface area contributed by atoms with Crippen LogP contribution < -0.4 is 10.6 Å². The Kier molecular flexibility index (Phi) is 4.09. The van der Waals surface area contributed by atoms with Gasteiger partial charge in [-0.25, -0.2) is 4.98 Å². The number of anilines is 2. The highest BCUT2D eigenvalue weighted by atomic mass is 15.2. The van der Waals surface area contributed by atoms with Crippen molar-refractivity contribution in [3.05, 3.63) is 53.7 Å². The molecule has 0 saturated carbocycles. The molecule has 0 unspecified atom stereocenters. The molecule has 2 aromatic rings. The fourth-order valence-corrected chi connectivity index (χ4v) is 2.05. The van der Waals surface area contributed by atoms with E-state index in [9.17, 15) is 0 Å². The van der Waals surface area contributed by atoms with Crippen molar-refractivity contribution in [3.63, 3.8) is 0 Å². The number of hydrogen-bond acceptors (Lipinski definition) is 3. The first-order chi connectivity index (χ1) is 9.41. The number of pyridine rings is 1. The lowest BCUT2D eigenvalue weighted by Crippen LogP contribution is -2.14. The second kappa shape index (κ2) is 5.63. The molecule has 0 amide bonds. The van der Waals surface area contributed by atoms with Crippen LogP contribution in [0.15, 0.2) is 42.6 Å². The van der Waals surface area contributed by atoms with Crippen molar-refractivity contribution in [2.75, 3.05) is 11.9 Å². The topological polar surface area (TPSA) is 42.1 Å². The van der Waals surface area contributed by atoms with Crippen LogP contribution >= 0.6 is 0 Å². The molecule has 0 spiro atoms. The van der Waals surface area contributed by atoms with Crippen LogP contribution in [0, 0.1) is 0 Å². The van der Waals surface area contributed by atoms with E-state index in [-0.39, 0.29) is 5.41 Å². The first-order valence-corrected chi connectivity index (χ1v) is 6.91. The summed E-state index contributed by atoms with van der Waals surface area (Å²) >= 11 is 0. The molecule has 106 valence electrons. The summed E-state index contributed by atoms with van der Waals surface area (Å²) < 4.78 is 0. The van der Waals surface area contributed by atoms with E-state index in [0.717, 1.165) is 17.1 Å².